The minimum Gasteiger partial charge on any atom is -0.458 e. The molecule has 5 heteroatoms. The monoisotopic (exact) mass is 331 g/mol. The fourth-order valence-corrected chi connectivity index (χ4v) is 2.88. The number of aromatic nitrogens is 1. The van der Waals surface area contributed by atoms with Crippen LogP contribution in [0.15, 0.2) is 29.6 Å². The Labute approximate surface area is 139 Å². The van der Waals surface area contributed by atoms with Crippen LogP contribution in [0, 0.1) is 18.2 Å². The van der Waals surface area contributed by atoms with Gasteiger partial charge in [0.1, 0.15) is 11.9 Å². The van der Waals surface area contributed by atoms with Crippen LogP contribution in [-0.4, -0.2) is 17.1 Å². The van der Waals surface area contributed by atoms with Crippen molar-refractivity contribution in [2.45, 2.75) is 38.7 Å². The summed E-state index contributed by atoms with van der Waals surface area (Å²) in [5.41, 5.74) is 0.822. The van der Waals surface area contributed by atoms with Crippen LogP contribution < -0.4 is 0 Å². The summed E-state index contributed by atoms with van der Waals surface area (Å²) in [6.07, 6.45) is 7.31. The highest BCUT2D eigenvalue weighted by Gasteiger charge is 2.17. The van der Waals surface area contributed by atoms with Gasteiger partial charge in [-0.1, -0.05) is 25.1 Å². The lowest BCUT2D eigenvalue weighted by atomic mass is 10.1. The summed E-state index contributed by atoms with van der Waals surface area (Å²) in [6, 6.07) is 6.54. The molecule has 2 rings (SSSR count). The molecule has 0 spiro atoms. The molecule has 1 heterocycles. The van der Waals surface area contributed by atoms with Crippen LogP contribution in [0.1, 0.15) is 47.2 Å². The minimum absolute atomic E-state index is 0.199. The van der Waals surface area contributed by atoms with Gasteiger partial charge in [-0.2, -0.15) is 0 Å². The number of thiazole rings is 1. The van der Waals surface area contributed by atoms with Gasteiger partial charge in [-0.25, -0.2) is 14.2 Å². The SMILES string of the molecule is C#CCC[C@@H](CC)OC(=O)c1csc(Cc2ccccc2F)n1. The van der Waals surface area contributed by atoms with Crippen molar-refractivity contribution in [1.82, 2.24) is 4.98 Å². The average Bonchev–Trinajstić information content (AvgIpc) is 3.02. The van der Waals surface area contributed by atoms with E-state index in [4.69, 9.17) is 11.2 Å². The van der Waals surface area contributed by atoms with Gasteiger partial charge in [0.25, 0.3) is 0 Å². The summed E-state index contributed by atoms with van der Waals surface area (Å²) in [4.78, 5) is 16.4. The van der Waals surface area contributed by atoms with Crippen molar-refractivity contribution in [2.24, 2.45) is 0 Å². The number of rotatable bonds is 7. The molecule has 0 N–H and O–H groups in total. The van der Waals surface area contributed by atoms with E-state index in [0.717, 1.165) is 0 Å². The molecule has 23 heavy (non-hydrogen) atoms. The van der Waals surface area contributed by atoms with Gasteiger partial charge in [0.15, 0.2) is 5.69 Å². The van der Waals surface area contributed by atoms with Crippen molar-refractivity contribution in [2.75, 3.05) is 0 Å². The highest BCUT2D eigenvalue weighted by atomic mass is 32.1. The van der Waals surface area contributed by atoms with Crippen LogP contribution in [0.25, 0.3) is 0 Å². The average molecular weight is 331 g/mol. The Morgan fingerprint density at radius 3 is 2.96 bits per heavy atom. The molecule has 120 valence electrons. The number of carbonyl (C=O) groups is 1. The lowest BCUT2D eigenvalue weighted by Gasteiger charge is -2.13. The summed E-state index contributed by atoms with van der Waals surface area (Å²) in [5.74, 6) is 1.82. The third kappa shape index (κ3) is 4.90. The molecule has 0 amide bonds. The van der Waals surface area contributed by atoms with E-state index in [-0.39, 0.29) is 17.6 Å². The minimum atomic E-state index is -0.454. The van der Waals surface area contributed by atoms with E-state index in [1.165, 1.54) is 17.4 Å². The van der Waals surface area contributed by atoms with Crippen LogP contribution in [-0.2, 0) is 11.2 Å². The Kier molecular flexibility index (Phi) is 6.30. The zero-order chi connectivity index (χ0) is 16.7. The molecule has 1 aromatic heterocycles. The lowest BCUT2D eigenvalue weighted by molar-refractivity contribution is 0.0270. The molecule has 1 aromatic carbocycles. The lowest BCUT2D eigenvalue weighted by Crippen LogP contribution is -2.17. The topological polar surface area (TPSA) is 39.2 Å². The van der Waals surface area contributed by atoms with E-state index in [9.17, 15) is 9.18 Å². The molecule has 0 saturated heterocycles. The molecule has 0 radical (unpaired) electrons. The highest BCUT2D eigenvalue weighted by molar-refractivity contribution is 7.09. The second-order valence-corrected chi connectivity index (χ2v) is 6.02. The Hall–Kier alpha value is -2.19. The zero-order valence-electron chi connectivity index (χ0n) is 12.9. The van der Waals surface area contributed by atoms with E-state index in [1.54, 1.807) is 23.6 Å². The largest absolute Gasteiger partial charge is 0.458 e. The zero-order valence-corrected chi connectivity index (χ0v) is 13.7. The Balaban J connectivity index is 2.00. The van der Waals surface area contributed by atoms with Crippen molar-refractivity contribution < 1.29 is 13.9 Å². The first-order valence-electron chi connectivity index (χ1n) is 7.46. The molecule has 0 aliphatic carbocycles. The second kappa shape index (κ2) is 8.44. The van der Waals surface area contributed by atoms with Crippen LogP contribution in [0.5, 0.6) is 0 Å². The van der Waals surface area contributed by atoms with E-state index < -0.39 is 5.97 Å². The first kappa shape index (κ1) is 17.2. The number of hydrogen-bond acceptors (Lipinski definition) is 4. The molecule has 0 saturated carbocycles. The number of carbonyl (C=O) groups excluding carboxylic acids is 1. The summed E-state index contributed by atoms with van der Waals surface area (Å²) < 4.78 is 19.1. The van der Waals surface area contributed by atoms with Crippen LogP contribution in [0.3, 0.4) is 0 Å². The van der Waals surface area contributed by atoms with Crippen molar-refractivity contribution in [3.05, 3.63) is 51.7 Å². The van der Waals surface area contributed by atoms with E-state index in [2.05, 4.69) is 10.9 Å². The number of nitrogens with zero attached hydrogens (tertiary/aromatic N) is 1. The van der Waals surface area contributed by atoms with Crippen molar-refractivity contribution >= 4 is 17.3 Å². The third-order valence-electron chi connectivity index (χ3n) is 3.40. The molecule has 0 fully saturated rings. The number of benzene rings is 1. The first-order chi connectivity index (χ1) is 11.1. The smallest absolute Gasteiger partial charge is 0.358 e. The molecule has 0 aliphatic rings. The summed E-state index contributed by atoms with van der Waals surface area (Å²) in [6.45, 7) is 1.94. The maximum absolute atomic E-state index is 13.6. The number of esters is 1. The molecule has 3 nitrogen and oxygen atoms in total. The fourth-order valence-electron chi connectivity index (χ4n) is 2.09. The number of halogens is 1. The molecule has 0 bridgehead atoms. The number of hydrogen-bond donors (Lipinski definition) is 0. The van der Waals surface area contributed by atoms with Crippen molar-refractivity contribution in [3.8, 4) is 12.3 Å². The van der Waals surface area contributed by atoms with Gasteiger partial charge in [-0.05, 0) is 24.5 Å². The molecule has 0 aliphatic heterocycles. The van der Waals surface area contributed by atoms with E-state index in [0.29, 0.717) is 36.3 Å². The van der Waals surface area contributed by atoms with Gasteiger partial charge in [-0.15, -0.1) is 23.7 Å². The molecule has 0 unspecified atom stereocenters. The van der Waals surface area contributed by atoms with E-state index in [1.807, 2.05) is 6.92 Å². The summed E-state index contributed by atoms with van der Waals surface area (Å²) in [7, 11) is 0. The summed E-state index contributed by atoms with van der Waals surface area (Å²) in [5, 5.41) is 2.32. The van der Waals surface area contributed by atoms with Crippen LogP contribution in [0.4, 0.5) is 4.39 Å². The van der Waals surface area contributed by atoms with Gasteiger partial charge in [0, 0.05) is 18.2 Å². The van der Waals surface area contributed by atoms with Gasteiger partial charge >= 0.3 is 5.97 Å². The third-order valence-corrected chi connectivity index (χ3v) is 4.25. The Morgan fingerprint density at radius 2 is 2.26 bits per heavy atom. The van der Waals surface area contributed by atoms with Crippen molar-refractivity contribution in [1.29, 1.82) is 0 Å². The van der Waals surface area contributed by atoms with Gasteiger partial charge in [-0.3, -0.25) is 0 Å². The predicted octanol–water partition coefficient (Wildman–Crippen LogP) is 4.22. The number of terminal acetylenes is 1. The molecule has 1 atom stereocenters. The number of ether oxygens (including phenoxy) is 1. The standard InChI is InChI=1S/C18H18FNO2S/c1-3-5-9-14(4-2)22-18(21)16-12-23-17(20-16)11-13-8-6-7-10-15(13)19/h1,6-8,10,12,14H,4-5,9,11H2,2H3/t14-/m1/s1. The quantitative estimate of drug-likeness (QED) is 0.563. The predicted molar refractivity (Wildman–Crippen MR) is 88.9 cm³/mol. The van der Waals surface area contributed by atoms with Gasteiger partial charge in [0.05, 0.1) is 5.01 Å². The second-order valence-electron chi connectivity index (χ2n) is 5.07. The van der Waals surface area contributed by atoms with Crippen LogP contribution >= 0.6 is 11.3 Å². The van der Waals surface area contributed by atoms with Gasteiger partial charge in [0.2, 0.25) is 0 Å². The Bertz CT molecular complexity index is 705. The van der Waals surface area contributed by atoms with Gasteiger partial charge < -0.3 is 4.74 Å². The molecular formula is C18H18FNO2S. The molecular weight excluding hydrogens is 313 g/mol. The fraction of sp³-hybridized carbons (Fsp3) is 0.333. The maximum atomic E-state index is 13.6. The molecule has 2 aromatic rings. The first-order valence-corrected chi connectivity index (χ1v) is 8.34. The highest BCUT2D eigenvalue weighted by Crippen LogP contribution is 2.18. The van der Waals surface area contributed by atoms with E-state index >= 15 is 0 Å². The normalized spacial score (nSPS) is 11.7. The van der Waals surface area contributed by atoms with Crippen LogP contribution in [0.2, 0.25) is 0 Å². The van der Waals surface area contributed by atoms with Crippen molar-refractivity contribution in [3.63, 3.8) is 0 Å². The maximum Gasteiger partial charge on any atom is 0.358 e. The summed E-state index contributed by atoms with van der Waals surface area (Å²) >= 11 is 1.32. The Morgan fingerprint density at radius 1 is 1.48 bits per heavy atom.